The maximum Gasteiger partial charge on any atom is 0.340 e. The maximum atomic E-state index is 12.5. The molecule has 1 aliphatic rings. The van der Waals surface area contributed by atoms with Crippen LogP contribution in [0.5, 0.6) is 0 Å². The number of ether oxygens (including phenoxy) is 1. The molecule has 1 aliphatic carbocycles. The Morgan fingerprint density at radius 3 is 2.46 bits per heavy atom. The van der Waals surface area contributed by atoms with E-state index in [1.165, 1.54) is 6.07 Å². The van der Waals surface area contributed by atoms with E-state index in [0.29, 0.717) is 5.56 Å². The third-order valence-electron chi connectivity index (χ3n) is 3.87. The van der Waals surface area contributed by atoms with Gasteiger partial charge in [0, 0.05) is 23.7 Å². The van der Waals surface area contributed by atoms with Gasteiger partial charge in [-0.2, -0.15) is 0 Å². The zero-order valence-corrected chi connectivity index (χ0v) is 14.3. The van der Waals surface area contributed by atoms with Crippen molar-refractivity contribution in [3.8, 4) is 0 Å². The molecular weight excluding hydrogens is 360 g/mol. The number of amides is 1. The summed E-state index contributed by atoms with van der Waals surface area (Å²) >= 11 is 5.97. The Kier molecular flexibility index (Phi) is 5.18. The first-order valence-electron chi connectivity index (χ1n) is 7.96. The van der Waals surface area contributed by atoms with E-state index in [4.69, 9.17) is 16.3 Å². The lowest BCUT2D eigenvalue weighted by atomic mass is 10.1. The predicted octanol–water partition coefficient (Wildman–Crippen LogP) is 3.42. The maximum absolute atomic E-state index is 12.5. The first-order chi connectivity index (χ1) is 12.5. The van der Waals surface area contributed by atoms with Crippen molar-refractivity contribution in [3.63, 3.8) is 0 Å². The number of esters is 1. The van der Waals surface area contributed by atoms with Gasteiger partial charge in [0.25, 0.3) is 11.6 Å². The average molecular weight is 375 g/mol. The van der Waals surface area contributed by atoms with Crippen molar-refractivity contribution in [2.45, 2.75) is 25.0 Å². The lowest BCUT2D eigenvalue weighted by molar-refractivity contribution is -0.384. The number of carbonyl (C=O) groups is 2. The van der Waals surface area contributed by atoms with Crippen LogP contribution in [-0.2, 0) is 9.53 Å². The van der Waals surface area contributed by atoms with Crippen molar-refractivity contribution in [2.75, 3.05) is 0 Å². The number of hydrogen-bond acceptors (Lipinski definition) is 5. The van der Waals surface area contributed by atoms with Crippen LogP contribution in [0.3, 0.4) is 0 Å². The third kappa shape index (κ3) is 4.18. The fraction of sp³-hybridized carbons (Fsp3) is 0.222. The fourth-order valence-electron chi connectivity index (χ4n) is 2.36. The molecule has 2 aromatic carbocycles. The summed E-state index contributed by atoms with van der Waals surface area (Å²) in [6.45, 7) is 0. The molecule has 0 saturated heterocycles. The standard InChI is InChI=1S/C18H15ClN2O5/c19-15-10-13(21(24)25)8-9-14(15)18(23)26-16(11-4-2-1-3-5-11)17(22)20-12-6-7-12/h1-5,8-10,12,16H,6-7H2,(H,20,22)/t16-/m0/s1. The highest BCUT2D eigenvalue weighted by Gasteiger charge is 2.31. The molecule has 1 saturated carbocycles. The van der Waals surface area contributed by atoms with Gasteiger partial charge in [-0.1, -0.05) is 41.9 Å². The Balaban J connectivity index is 1.82. The van der Waals surface area contributed by atoms with E-state index in [1.807, 2.05) is 0 Å². The molecule has 0 aromatic heterocycles. The first-order valence-corrected chi connectivity index (χ1v) is 8.34. The van der Waals surface area contributed by atoms with Crippen LogP contribution in [0.15, 0.2) is 48.5 Å². The van der Waals surface area contributed by atoms with E-state index in [2.05, 4.69) is 5.32 Å². The Labute approximate surface area is 154 Å². The lowest BCUT2D eigenvalue weighted by Crippen LogP contribution is -2.33. The van der Waals surface area contributed by atoms with E-state index in [0.717, 1.165) is 25.0 Å². The number of non-ortho nitro benzene ring substituents is 1. The molecule has 1 atom stereocenters. The summed E-state index contributed by atoms with van der Waals surface area (Å²) in [5.41, 5.74) is 0.243. The number of benzene rings is 2. The summed E-state index contributed by atoms with van der Waals surface area (Å²) in [6, 6.07) is 12.2. The Bertz CT molecular complexity index is 852. The van der Waals surface area contributed by atoms with Crippen LogP contribution >= 0.6 is 11.6 Å². The molecule has 1 fully saturated rings. The van der Waals surface area contributed by atoms with Crippen LogP contribution in [0.1, 0.15) is 34.9 Å². The molecule has 1 N–H and O–H groups in total. The minimum atomic E-state index is -1.13. The summed E-state index contributed by atoms with van der Waals surface area (Å²) in [5.74, 6) is -1.24. The van der Waals surface area contributed by atoms with Crippen molar-refractivity contribution < 1.29 is 19.2 Å². The largest absolute Gasteiger partial charge is 0.444 e. The van der Waals surface area contributed by atoms with E-state index in [-0.39, 0.29) is 22.3 Å². The topological polar surface area (TPSA) is 98.5 Å². The van der Waals surface area contributed by atoms with Crippen molar-refractivity contribution >= 4 is 29.2 Å². The summed E-state index contributed by atoms with van der Waals surface area (Å²) < 4.78 is 5.39. The number of hydrogen-bond donors (Lipinski definition) is 1. The second-order valence-corrected chi connectivity index (χ2v) is 6.31. The number of halogens is 1. The molecule has 26 heavy (non-hydrogen) atoms. The Morgan fingerprint density at radius 2 is 1.88 bits per heavy atom. The number of nitrogens with zero attached hydrogens (tertiary/aromatic N) is 1. The second-order valence-electron chi connectivity index (χ2n) is 5.90. The number of carbonyl (C=O) groups excluding carboxylic acids is 2. The van der Waals surface area contributed by atoms with Crippen molar-refractivity contribution in [2.24, 2.45) is 0 Å². The number of nitro benzene ring substituents is 1. The summed E-state index contributed by atoms with van der Waals surface area (Å²) in [4.78, 5) is 35.1. The van der Waals surface area contributed by atoms with E-state index >= 15 is 0 Å². The second kappa shape index (κ2) is 7.53. The quantitative estimate of drug-likeness (QED) is 0.474. The van der Waals surface area contributed by atoms with Crippen molar-refractivity contribution in [1.29, 1.82) is 0 Å². The SMILES string of the molecule is O=C(O[C@H](C(=O)NC1CC1)c1ccccc1)c1ccc([N+](=O)[O-])cc1Cl. The van der Waals surface area contributed by atoms with Crippen LogP contribution in [0.2, 0.25) is 5.02 Å². The number of nitro groups is 1. The molecule has 1 amide bonds. The molecule has 8 heteroatoms. The number of rotatable bonds is 6. The van der Waals surface area contributed by atoms with Gasteiger partial charge in [-0.15, -0.1) is 0 Å². The summed E-state index contributed by atoms with van der Waals surface area (Å²) in [7, 11) is 0. The van der Waals surface area contributed by atoms with Gasteiger partial charge in [0.2, 0.25) is 6.10 Å². The van der Waals surface area contributed by atoms with Gasteiger partial charge < -0.3 is 10.1 Å². The number of nitrogens with one attached hydrogen (secondary N) is 1. The summed E-state index contributed by atoms with van der Waals surface area (Å²) in [6.07, 6.45) is 0.667. The van der Waals surface area contributed by atoms with Crippen molar-refractivity contribution in [1.82, 2.24) is 5.32 Å². The minimum Gasteiger partial charge on any atom is -0.444 e. The smallest absolute Gasteiger partial charge is 0.340 e. The molecule has 0 unspecified atom stereocenters. The van der Waals surface area contributed by atoms with Gasteiger partial charge in [-0.05, 0) is 18.9 Å². The first kappa shape index (κ1) is 17.9. The van der Waals surface area contributed by atoms with E-state index < -0.39 is 22.9 Å². The van der Waals surface area contributed by atoms with Gasteiger partial charge in [0.05, 0.1) is 15.5 Å². The van der Waals surface area contributed by atoms with Crippen LogP contribution in [0, 0.1) is 10.1 Å². The molecule has 134 valence electrons. The summed E-state index contributed by atoms with van der Waals surface area (Å²) in [5, 5.41) is 13.5. The Morgan fingerprint density at radius 1 is 1.19 bits per heavy atom. The molecule has 7 nitrogen and oxygen atoms in total. The molecule has 2 aromatic rings. The highest BCUT2D eigenvalue weighted by Crippen LogP contribution is 2.27. The van der Waals surface area contributed by atoms with Crippen LogP contribution < -0.4 is 5.32 Å². The van der Waals surface area contributed by atoms with Gasteiger partial charge in [0.15, 0.2) is 0 Å². The van der Waals surface area contributed by atoms with Gasteiger partial charge in [-0.25, -0.2) is 4.79 Å². The zero-order chi connectivity index (χ0) is 18.7. The zero-order valence-electron chi connectivity index (χ0n) is 13.6. The molecule has 0 heterocycles. The molecular formula is C18H15ClN2O5. The molecule has 3 rings (SSSR count). The van der Waals surface area contributed by atoms with Crippen molar-refractivity contribution in [3.05, 3.63) is 74.8 Å². The van der Waals surface area contributed by atoms with E-state index in [1.54, 1.807) is 30.3 Å². The van der Waals surface area contributed by atoms with Crippen LogP contribution in [0.4, 0.5) is 5.69 Å². The van der Waals surface area contributed by atoms with Crippen LogP contribution in [0.25, 0.3) is 0 Å². The monoisotopic (exact) mass is 374 g/mol. The minimum absolute atomic E-state index is 0.0441. The molecule has 0 radical (unpaired) electrons. The molecule has 0 spiro atoms. The van der Waals surface area contributed by atoms with Gasteiger partial charge in [-0.3, -0.25) is 14.9 Å². The van der Waals surface area contributed by atoms with Gasteiger partial charge >= 0.3 is 5.97 Å². The highest BCUT2D eigenvalue weighted by atomic mass is 35.5. The normalized spacial score (nSPS) is 14.3. The van der Waals surface area contributed by atoms with E-state index in [9.17, 15) is 19.7 Å². The molecule has 0 bridgehead atoms. The Hall–Kier alpha value is -2.93. The van der Waals surface area contributed by atoms with Crippen LogP contribution in [-0.4, -0.2) is 22.8 Å². The highest BCUT2D eigenvalue weighted by molar-refractivity contribution is 6.33. The predicted molar refractivity (Wildman–Crippen MR) is 93.9 cm³/mol. The fourth-order valence-corrected chi connectivity index (χ4v) is 2.61. The van der Waals surface area contributed by atoms with Gasteiger partial charge in [0.1, 0.15) is 0 Å². The third-order valence-corrected chi connectivity index (χ3v) is 4.19. The molecule has 0 aliphatic heterocycles. The lowest BCUT2D eigenvalue weighted by Gasteiger charge is -2.18. The average Bonchev–Trinajstić information content (AvgIpc) is 3.43.